The predicted molar refractivity (Wildman–Crippen MR) is 135 cm³/mol. The lowest BCUT2D eigenvalue weighted by Gasteiger charge is -2.12. The van der Waals surface area contributed by atoms with E-state index < -0.39 is 0 Å². The topological polar surface area (TPSA) is 82.6 Å². The Morgan fingerprint density at radius 3 is 2.58 bits per heavy atom. The first-order valence-electron chi connectivity index (χ1n) is 9.69. The minimum Gasteiger partial charge on any atom is -0.493 e. The monoisotopic (exact) mass is 541 g/mol. The van der Waals surface area contributed by atoms with E-state index in [9.17, 15) is 4.79 Å². The number of rotatable bonds is 6. The summed E-state index contributed by atoms with van der Waals surface area (Å²) in [6.07, 6.45) is 1.69. The van der Waals surface area contributed by atoms with Crippen molar-refractivity contribution in [2.45, 2.75) is 0 Å². The number of halogens is 1. The second-order valence-electron chi connectivity index (χ2n) is 6.84. The van der Waals surface area contributed by atoms with Crippen LogP contribution in [0.4, 0.5) is 5.13 Å². The van der Waals surface area contributed by atoms with Crippen molar-refractivity contribution in [3.8, 4) is 23.0 Å². The first kappa shape index (κ1) is 21.6. The third-order valence-corrected chi connectivity index (χ3v) is 7.61. The average Bonchev–Trinajstić information content (AvgIpc) is 3.43. The third kappa shape index (κ3) is 4.24. The van der Waals surface area contributed by atoms with E-state index in [1.54, 1.807) is 26.5 Å². The Labute approximate surface area is 205 Å². The highest BCUT2D eigenvalue weighted by atomic mass is 79.9. The molecule has 1 N–H and O–H groups in total. The molecule has 0 bridgehead atoms. The van der Waals surface area contributed by atoms with Gasteiger partial charge in [0.25, 0.3) is 5.91 Å². The van der Waals surface area contributed by atoms with Gasteiger partial charge in [0.1, 0.15) is 16.4 Å². The largest absolute Gasteiger partial charge is 0.493 e. The molecule has 0 aliphatic carbocycles. The number of amides is 1. The van der Waals surface area contributed by atoms with Crippen LogP contribution in [0.3, 0.4) is 0 Å². The fraction of sp³-hybridized carbons (Fsp3) is 0.0870. The van der Waals surface area contributed by atoms with E-state index >= 15 is 0 Å². The van der Waals surface area contributed by atoms with Crippen molar-refractivity contribution in [3.63, 3.8) is 0 Å². The van der Waals surface area contributed by atoms with Crippen LogP contribution in [0.1, 0.15) is 9.67 Å². The zero-order chi connectivity index (χ0) is 22.9. The van der Waals surface area contributed by atoms with Crippen molar-refractivity contribution in [1.82, 2.24) is 9.97 Å². The normalized spacial score (nSPS) is 11.0. The molecule has 5 aromatic rings. The lowest BCUT2D eigenvalue weighted by Crippen LogP contribution is -2.10. The smallest absolute Gasteiger partial charge is 0.268 e. The Kier molecular flexibility index (Phi) is 5.88. The van der Waals surface area contributed by atoms with Crippen molar-refractivity contribution >= 4 is 70.8 Å². The third-order valence-electron chi connectivity index (χ3n) is 4.84. The zero-order valence-electron chi connectivity index (χ0n) is 17.4. The summed E-state index contributed by atoms with van der Waals surface area (Å²) in [6.45, 7) is 0. The Morgan fingerprint density at radius 1 is 1.00 bits per heavy atom. The number of nitrogens with one attached hydrogen (secondary N) is 1. The summed E-state index contributed by atoms with van der Waals surface area (Å²) in [5.41, 5.74) is 1.51. The van der Waals surface area contributed by atoms with Gasteiger partial charge in [0.05, 0.1) is 30.0 Å². The van der Waals surface area contributed by atoms with Crippen LogP contribution in [0.5, 0.6) is 23.0 Å². The van der Waals surface area contributed by atoms with E-state index in [2.05, 4.69) is 31.2 Å². The Bertz CT molecular complexity index is 1500. The Hall–Kier alpha value is -3.21. The van der Waals surface area contributed by atoms with Crippen LogP contribution < -0.4 is 19.5 Å². The van der Waals surface area contributed by atoms with Crippen LogP contribution in [-0.2, 0) is 0 Å². The van der Waals surface area contributed by atoms with E-state index in [4.69, 9.17) is 14.2 Å². The summed E-state index contributed by atoms with van der Waals surface area (Å²) in [4.78, 5) is 22.0. The number of benzene rings is 2. The minimum atomic E-state index is -0.194. The molecule has 0 radical (unpaired) electrons. The zero-order valence-corrected chi connectivity index (χ0v) is 20.6. The minimum absolute atomic E-state index is 0.194. The number of hydrogen-bond acceptors (Lipinski definition) is 8. The average molecular weight is 542 g/mol. The van der Waals surface area contributed by atoms with E-state index in [1.807, 2.05) is 41.8 Å². The number of nitrogens with zero attached hydrogens (tertiary/aromatic N) is 2. The molecule has 7 nitrogen and oxygen atoms in total. The molecule has 3 heterocycles. The molecule has 0 saturated heterocycles. The number of methoxy groups -OCH3 is 2. The van der Waals surface area contributed by atoms with Gasteiger partial charge in [0, 0.05) is 28.2 Å². The molecule has 0 aliphatic heterocycles. The summed E-state index contributed by atoms with van der Waals surface area (Å²) in [5, 5.41) is 6.05. The molecular formula is C23H16BrN3O4S2. The molecule has 0 spiro atoms. The highest BCUT2D eigenvalue weighted by Gasteiger charge is 2.15. The van der Waals surface area contributed by atoms with E-state index in [1.165, 1.54) is 22.7 Å². The number of pyridine rings is 1. The molecule has 0 atom stereocenters. The van der Waals surface area contributed by atoms with Gasteiger partial charge in [-0.1, -0.05) is 11.3 Å². The van der Waals surface area contributed by atoms with Crippen molar-refractivity contribution in [2.24, 2.45) is 0 Å². The lowest BCUT2D eigenvalue weighted by atomic mass is 10.2. The molecule has 3 aromatic heterocycles. The van der Waals surface area contributed by atoms with Gasteiger partial charge in [-0.25, -0.2) is 4.98 Å². The van der Waals surface area contributed by atoms with Crippen molar-refractivity contribution in [2.75, 3.05) is 19.5 Å². The second kappa shape index (κ2) is 8.97. The summed E-state index contributed by atoms with van der Waals surface area (Å²) < 4.78 is 18.6. The molecule has 2 aromatic carbocycles. The fourth-order valence-electron chi connectivity index (χ4n) is 3.29. The highest BCUT2D eigenvalue weighted by molar-refractivity contribution is 9.10. The molecule has 10 heteroatoms. The molecule has 0 aliphatic rings. The van der Waals surface area contributed by atoms with Crippen LogP contribution in [0.15, 0.2) is 58.5 Å². The summed E-state index contributed by atoms with van der Waals surface area (Å²) in [5.74, 6) is 2.29. The second-order valence-corrected chi connectivity index (χ2v) is 9.64. The maximum absolute atomic E-state index is 12.5. The first-order chi connectivity index (χ1) is 16.1. The predicted octanol–water partition coefficient (Wildman–Crippen LogP) is 6.73. The maximum atomic E-state index is 12.5. The quantitative estimate of drug-likeness (QED) is 0.256. The van der Waals surface area contributed by atoms with E-state index in [0.29, 0.717) is 33.0 Å². The van der Waals surface area contributed by atoms with Gasteiger partial charge in [-0.05, 0) is 51.6 Å². The number of hydrogen-bond donors (Lipinski definition) is 1. The number of thiazole rings is 1. The number of anilines is 1. The summed E-state index contributed by atoms with van der Waals surface area (Å²) in [7, 11) is 3.18. The van der Waals surface area contributed by atoms with Crippen LogP contribution >= 0.6 is 38.6 Å². The molecule has 33 heavy (non-hydrogen) atoms. The molecular weight excluding hydrogens is 526 g/mol. The van der Waals surface area contributed by atoms with Gasteiger partial charge in [-0.3, -0.25) is 15.1 Å². The van der Waals surface area contributed by atoms with Crippen LogP contribution in [0.2, 0.25) is 0 Å². The molecule has 5 rings (SSSR count). The van der Waals surface area contributed by atoms with Gasteiger partial charge in [-0.15, -0.1) is 11.3 Å². The highest BCUT2D eigenvalue weighted by Crippen LogP contribution is 2.38. The van der Waals surface area contributed by atoms with Crippen molar-refractivity contribution < 1.29 is 19.0 Å². The molecule has 166 valence electrons. The van der Waals surface area contributed by atoms with Gasteiger partial charge < -0.3 is 14.2 Å². The maximum Gasteiger partial charge on any atom is 0.268 e. The Balaban J connectivity index is 1.43. The number of carbonyl (C=O) groups excluding carboxylic acids is 1. The lowest BCUT2D eigenvalue weighted by molar-refractivity contribution is 0.103. The number of ether oxygens (including phenoxy) is 3. The Morgan fingerprint density at radius 2 is 1.82 bits per heavy atom. The number of thiophene rings is 1. The SMILES string of the molecule is COc1cc2nccc(Oc3ccc4nc(NC(=O)c5sccc5Br)sc4c3)c2cc1OC. The standard InChI is InChI=1S/C23H16BrN3O4S2/c1-29-18-10-13-16(11-19(18)30-2)25-7-5-17(13)31-12-3-4-15-20(9-12)33-23(26-15)27-22(28)21-14(24)6-8-32-21/h3-11H,1-2H3,(H,26,27,28). The van der Waals surface area contributed by atoms with E-state index in [0.717, 1.165) is 25.6 Å². The van der Waals surface area contributed by atoms with Crippen LogP contribution in [0, 0.1) is 0 Å². The van der Waals surface area contributed by atoms with Gasteiger partial charge in [0.15, 0.2) is 16.6 Å². The number of fused-ring (bicyclic) bond motifs is 2. The van der Waals surface area contributed by atoms with Crippen LogP contribution in [0.25, 0.3) is 21.1 Å². The molecule has 0 unspecified atom stereocenters. The van der Waals surface area contributed by atoms with Gasteiger partial charge in [-0.2, -0.15) is 0 Å². The first-order valence-corrected chi connectivity index (χ1v) is 12.2. The number of carbonyl (C=O) groups is 1. The van der Waals surface area contributed by atoms with Gasteiger partial charge >= 0.3 is 0 Å². The molecule has 0 fully saturated rings. The van der Waals surface area contributed by atoms with E-state index in [-0.39, 0.29) is 5.91 Å². The summed E-state index contributed by atoms with van der Waals surface area (Å²) >= 11 is 6.14. The van der Waals surface area contributed by atoms with Gasteiger partial charge in [0.2, 0.25) is 0 Å². The number of aromatic nitrogens is 2. The van der Waals surface area contributed by atoms with Crippen LogP contribution in [-0.4, -0.2) is 30.1 Å². The van der Waals surface area contributed by atoms with Crippen molar-refractivity contribution in [1.29, 1.82) is 0 Å². The van der Waals surface area contributed by atoms with Crippen molar-refractivity contribution in [3.05, 3.63) is 63.4 Å². The fourth-order valence-corrected chi connectivity index (χ4v) is 5.63. The molecule has 1 amide bonds. The summed E-state index contributed by atoms with van der Waals surface area (Å²) in [6, 6.07) is 12.9. The molecule has 0 saturated carbocycles.